The van der Waals surface area contributed by atoms with Crippen molar-refractivity contribution >= 4 is 22.8 Å². The first-order valence-corrected chi connectivity index (χ1v) is 7.31. The molecule has 0 spiro atoms. The Morgan fingerprint density at radius 3 is 2.52 bits per heavy atom. The molecule has 1 aromatic carbocycles. The Hall–Kier alpha value is -2.41. The molecule has 6 nitrogen and oxygen atoms in total. The molecule has 0 amide bonds. The van der Waals surface area contributed by atoms with Crippen LogP contribution in [0, 0.1) is 0 Å². The van der Waals surface area contributed by atoms with E-state index in [-0.39, 0.29) is 24.4 Å². The minimum absolute atomic E-state index is 0.0355. The summed E-state index contributed by atoms with van der Waals surface area (Å²) in [6, 6.07) is 5.75. The fourth-order valence-electron chi connectivity index (χ4n) is 2.43. The number of halogens is 1. The number of ether oxygens (including phenoxy) is 1. The Morgan fingerprint density at radius 2 is 1.96 bits per heavy atom. The predicted molar refractivity (Wildman–Crippen MR) is 82.8 cm³/mol. The van der Waals surface area contributed by atoms with Crippen LogP contribution >= 0.6 is 0 Å². The third kappa shape index (κ3) is 3.19. The smallest absolute Gasteiger partial charge is 0.395 e. The van der Waals surface area contributed by atoms with Gasteiger partial charge in [0.05, 0.1) is 12.2 Å². The first-order valence-electron chi connectivity index (χ1n) is 7.31. The zero-order valence-corrected chi connectivity index (χ0v) is 13.2. The van der Waals surface area contributed by atoms with Gasteiger partial charge in [0.1, 0.15) is 5.69 Å². The predicted octanol–water partition coefficient (Wildman–Crippen LogP) is 2.77. The van der Waals surface area contributed by atoms with Gasteiger partial charge in [0.25, 0.3) is 0 Å². The number of hydrogen-bond acceptors (Lipinski definition) is 5. The van der Waals surface area contributed by atoms with E-state index in [1.54, 1.807) is 43.5 Å². The van der Waals surface area contributed by atoms with Gasteiger partial charge in [-0.1, -0.05) is 6.07 Å². The molecule has 1 heterocycles. The van der Waals surface area contributed by atoms with Crippen LogP contribution in [-0.2, 0) is 9.68 Å². The molecule has 2 rings (SSSR count). The Balaban J connectivity index is 2.66. The number of esters is 1. The van der Waals surface area contributed by atoms with Gasteiger partial charge in [-0.2, -0.15) is 0 Å². The summed E-state index contributed by atoms with van der Waals surface area (Å²) in [7, 11) is 0. The first kappa shape index (κ1) is 17.0. The molecule has 0 radical (unpaired) electrons. The molecule has 2 atom stereocenters. The Morgan fingerprint density at radius 1 is 1.26 bits per heavy atom. The largest absolute Gasteiger partial charge is 0.462 e. The highest BCUT2D eigenvalue weighted by Gasteiger charge is 2.24. The van der Waals surface area contributed by atoms with Crippen molar-refractivity contribution in [3.05, 3.63) is 35.5 Å². The monoisotopic (exact) mass is 322 g/mol. The van der Waals surface area contributed by atoms with Crippen molar-refractivity contribution in [2.45, 2.75) is 32.9 Å². The van der Waals surface area contributed by atoms with E-state index in [0.717, 1.165) is 0 Å². The standard InChI is InChI=1S/C16H19FN2O4/c1-4-22-15(20)12-6-5-11-7-14(16(21)23-17)19(13(11)8-12)10(3)9(2)18/h5-10H,4,18H2,1-3H3. The number of aromatic nitrogens is 1. The van der Waals surface area contributed by atoms with Crippen LogP contribution in [0.4, 0.5) is 4.53 Å². The van der Waals surface area contributed by atoms with Crippen LogP contribution in [0.2, 0.25) is 0 Å². The van der Waals surface area contributed by atoms with Gasteiger partial charge in [-0.25, -0.2) is 14.5 Å². The molecule has 23 heavy (non-hydrogen) atoms. The molecule has 0 bridgehead atoms. The molecule has 2 aromatic rings. The van der Waals surface area contributed by atoms with E-state index >= 15 is 0 Å². The highest BCUT2D eigenvalue weighted by Crippen LogP contribution is 2.27. The van der Waals surface area contributed by atoms with Gasteiger partial charge >= 0.3 is 11.9 Å². The highest BCUT2D eigenvalue weighted by molar-refractivity contribution is 5.99. The van der Waals surface area contributed by atoms with Crippen molar-refractivity contribution in [3.63, 3.8) is 0 Å². The molecule has 0 saturated carbocycles. The van der Waals surface area contributed by atoms with Crippen LogP contribution in [0.5, 0.6) is 0 Å². The molecule has 7 heteroatoms. The fourth-order valence-corrected chi connectivity index (χ4v) is 2.43. The number of benzene rings is 1. The van der Waals surface area contributed by atoms with Gasteiger partial charge in [0.2, 0.25) is 0 Å². The summed E-state index contributed by atoms with van der Waals surface area (Å²) in [5.74, 6) is -1.57. The van der Waals surface area contributed by atoms with Crippen LogP contribution in [0.15, 0.2) is 24.3 Å². The third-order valence-electron chi connectivity index (χ3n) is 3.80. The topological polar surface area (TPSA) is 83.6 Å². The number of fused-ring (bicyclic) bond motifs is 1. The molecular weight excluding hydrogens is 303 g/mol. The van der Waals surface area contributed by atoms with Crippen LogP contribution in [0.3, 0.4) is 0 Å². The summed E-state index contributed by atoms with van der Waals surface area (Å²) in [6.45, 7) is 5.55. The molecule has 0 aliphatic rings. The molecule has 124 valence electrons. The maximum absolute atomic E-state index is 12.4. The second-order valence-corrected chi connectivity index (χ2v) is 5.36. The maximum atomic E-state index is 12.4. The summed E-state index contributed by atoms with van der Waals surface area (Å²) in [6.07, 6.45) is 0. The lowest BCUT2D eigenvalue weighted by Crippen LogP contribution is -2.29. The summed E-state index contributed by atoms with van der Waals surface area (Å²) >= 11 is 0. The van der Waals surface area contributed by atoms with E-state index < -0.39 is 11.9 Å². The van der Waals surface area contributed by atoms with E-state index in [4.69, 9.17) is 10.5 Å². The lowest BCUT2D eigenvalue weighted by Gasteiger charge is -2.21. The Bertz CT molecular complexity index is 739. The lowest BCUT2D eigenvalue weighted by molar-refractivity contribution is -0.0797. The van der Waals surface area contributed by atoms with E-state index in [0.29, 0.717) is 16.5 Å². The molecule has 0 fully saturated rings. The number of hydrogen-bond donors (Lipinski definition) is 1. The van der Waals surface area contributed by atoms with Crippen molar-refractivity contribution < 1.29 is 23.8 Å². The second kappa shape index (κ2) is 6.78. The zero-order valence-electron chi connectivity index (χ0n) is 13.2. The molecule has 1 aromatic heterocycles. The number of nitrogens with two attached hydrogens (primary N) is 1. The average molecular weight is 322 g/mol. The van der Waals surface area contributed by atoms with Crippen molar-refractivity contribution in [2.75, 3.05) is 6.61 Å². The lowest BCUT2D eigenvalue weighted by atomic mass is 10.1. The second-order valence-electron chi connectivity index (χ2n) is 5.36. The van der Waals surface area contributed by atoms with Gasteiger partial charge in [-0.05, 0) is 39.0 Å². The Kier molecular flexibility index (Phi) is 5.00. The molecule has 0 saturated heterocycles. The van der Waals surface area contributed by atoms with Crippen LogP contribution in [-0.4, -0.2) is 29.2 Å². The molecule has 0 aliphatic carbocycles. The summed E-state index contributed by atoms with van der Waals surface area (Å²) in [5.41, 5.74) is 6.88. The highest BCUT2D eigenvalue weighted by atomic mass is 19.3. The normalized spacial score (nSPS) is 13.6. The number of rotatable bonds is 5. The quantitative estimate of drug-likeness (QED) is 0.856. The SMILES string of the molecule is CCOC(=O)c1ccc2cc(C(=O)OF)n(C(C)C(C)N)c2c1. The minimum atomic E-state index is -1.11. The number of carbonyl (C=O) groups excluding carboxylic acids is 2. The van der Waals surface area contributed by atoms with Crippen LogP contribution < -0.4 is 5.73 Å². The fraction of sp³-hybridized carbons (Fsp3) is 0.375. The summed E-state index contributed by atoms with van der Waals surface area (Å²) in [5, 5.41) is 0.672. The van der Waals surface area contributed by atoms with Crippen molar-refractivity contribution in [1.82, 2.24) is 4.57 Å². The minimum Gasteiger partial charge on any atom is -0.462 e. The van der Waals surface area contributed by atoms with Gasteiger partial charge in [0, 0.05) is 27.5 Å². The molecule has 2 unspecified atom stereocenters. The Labute approximate surface area is 132 Å². The van der Waals surface area contributed by atoms with Crippen molar-refractivity contribution in [3.8, 4) is 0 Å². The first-order chi connectivity index (χ1) is 10.9. The van der Waals surface area contributed by atoms with Crippen molar-refractivity contribution in [1.29, 1.82) is 0 Å². The maximum Gasteiger partial charge on any atom is 0.395 e. The number of nitrogens with zero attached hydrogens (tertiary/aromatic N) is 1. The summed E-state index contributed by atoms with van der Waals surface area (Å²) < 4.78 is 18.9. The zero-order chi connectivity index (χ0) is 17.1. The van der Waals surface area contributed by atoms with Gasteiger partial charge in [-0.3, -0.25) is 0 Å². The van der Waals surface area contributed by atoms with Crippen LogP contribution in [0.25, 0.3) is 10.9 Å². The van der Waals surface area contributed by atoms with E-state index in [1.807, 2.05) is 0 Å². The van der Waals surface area contributed by atoms with E-state index in [2.05, 4.69) is 4.94 Å². The van der Waals surface area contributed by atoms with Gasteiger partial charge in [0.15, 0.2) is 0 Å². The van der Waals surface area contributed by atoms with Gasteiger partial charge < -0.3 is 15.0 Å². The van der Waals surface area contributed by atoms with E-state index in [9.17, 15) is 14.1 Å². The average Bonchev–Trinajstić information content (AvgIpc) is 2.91. The van der Waals surface area contributed by atoms with Gasteiger partial charge in [-0.15, -0.1) is 0 Å². The third-order valence-corrected chi connectivity index (χ3v) is 3.80. The van der Waals surface area contributed by atoms with E-state index in [1.165, 1.54) is 6.07 Å². The van der Waals surface area contributed by atoms with Crippen LogP contribution in [0.1, 0.15) is 47.7 Å². The molecular formula is C16H19FN2O4. The molecule has 2 N–H and O–H groups in total. The summed E-state index contributed by atoms with van der Waals surface area (Å²) in [4.78, 5) is 27.0. The van der Waals surface area contributed by atoms with Crippen molar-refractivity contribution in [2.24, 2.45) is 5.73 Å². The number of carbonyl (C=O) groups is 2. The molecule has 0 aliphatic heterocycles.